The fourth-order valence-corrected chi connectivity index (χ4v) is 3.72. The molecular formula is C15H18BrFO2. The minimum Gasteiger partial charge on any atom is -0.490 e. The molecule has 2 unspecified atom stereocenters. The van der Waals surface area contributed by atoms with Crippen molar-refractivity contribution in [3.05, 3.63) is 28.5 Å². The van der Waals surface area contributed by atoms with Gasteiger partial charge in [-0.2, -0.15) is 0 Å². The molecule has 1 aromatic rings. The fourth-order valence-electron chi connectivity index (χ4n) is 3.47. The third kappa shape index (κ3) is 2.29. The maximum Gasteiger partial charge on any atom is 0.141 e. The van der Waals surface area contributed by atoms with E-state index in [-0.39, 0.29) is 23.4 Å². The Labute approximate surface area is 121 Å². The van der Waals surface area contributed by atoms with Gasteiger partial charge in [0.15, 0.2) is 0 Å². The second kappa shape index (κ2) is 5.06. The first-order chi connectivity index (χ1) is 9.12. The molecule has 2 atom stereocenters. The van der Waals surface area contributed by atoms with Crippen LogP contribution >= 0.6 is 15.9 Å². The Bertz CT molecular complexity index is 471. The van der Waals surface area contributed by atoms with Crippen LogP contribution in [0.4, 0.5) is 4.39 Å². The summed E-state index contributed by atoms with van der Waals surface area (Å²) in [5.74, 6) is 0.248. The number of aliphatic hydroxyl groups is 1. The summed E-state index contributed by atoms with van der Waals surface area (Å²) in [7, 11) is 0. The molecule has 0 saturated heterocycles. The van der Waals surface area contributed by atoms with Crippen LogP contribution in [0.1, 0.15) is 38.5 Å². The molecular weight excluding hydrogens is 311 g/mol. The van der Waals surface area contributed by atoms with Gasteiger partial charge in [0.2, 0.25) is 0 Å². The third-order valence-corrected chi connectivity index (χ3v) is 5.34. The van der Waals surface area contributed by atoms with Gasteiger partial charge in [-0.25, -0.2) is 4.39 Å². The summed E-state index contributed by atoms with van der Waals surface area (Å²) in [5, 5.41) is 10.1. The van der Waals surface area contributed by atoms with Crippen LogP contribution in [-0.4, -0.2) is 17.3 Å². The molecule has 4 heteroatoms. The van der Waals surface area contributed by atoms with Gasteiger partial charge in [-0.1, -0.05) is 19.3 Å². The molecule has 0 bridgehead atoms. The van der Waals surface area contributed by atoms with E-state index >= 15 is 0 Å². The predicted octanol–water partition coefficient (Wildman–Crippen LogP) is 4.05. The summed E-state index contributed by atoms with van der Waals surface area (Å²) < 4.78 is 19.9. The van der Waals surface area contributed by atoms with Crippen molar-refractivity contribution in [2.24, 2.45) is 5.41 Å². The van der Waals surface area contributed by atoms with Crippen molar-refractivity contribution in [2.75, 3.05) is 0 Å². The summed E-state index contributed by atoms with van der Waals surface area (Å²) in [6, 6.07) is 4.84. The first kappa shape index (κ1) is 13.4. The predicted molar refractivity (Wildman–Crippen MR) is 74.7 cm³/mol. The van der Waals surface area contributed by atoms with Crippen LogP contribution in [-0.2, 0) is 0 Å². The number of hydrogen-bond acceptors (Lipinski definition) is 2. The molecule has 0 heterocycles. The zero-order valence-electron chi connectivity index (χ0n) is 10.7. The minimum absolute atomic E-state index is 0.0309. The zero-order chi connectivity index (χ0) is 13.5. The summed E-state index contributed by atoms with van der Waals surface area (Å²) >= 11 is 3.14. The normalized spacial score (nSPS) is 29.0. The van der Waals surface area contributed by atoms with Gasteiger partial charge in [0.25, 0.3) is 0 Å². The topological polar surface area (TPSA) is 29.5 Å². The van der Waals surface area contributed by atoms with Crippen LogP contribution in [0.15, 0.2) is 22.7 Å². The Morgan fingerprint density at radius 2 is 2.00 bits per heavy atom. The Morgan fingerprint density at radius 1 is 1.26 bits per heavy atom. The monoisotopic (exact) mass is 328 g/mol. The Balaban J connectivity index is 1.74. The molecule has 2 fully saturated rings. The maximum absolute atomic E-state index is 13.5. The molecule has 2 aliphatic rings. The highest BCUT2D eigenvalue weighted by Gasteiger charge is 2.56. The van der Waals surface area contributed by atoms with Crippen LogP contribution < -0.4 is 4.74 Å². The van der Waals surface area contributed by atoms with Crippen molar-refractivity contribution < 1.29 is 14.2 Å². The lowest BCUT2D eigenvalue weighted by Crippen LogP contribution is -2.60. The number of benzene rings is 1. The van der Waals surface area contributed by atoms with Crippen LogP contribution in [0.25, 0.3) is 0 Å². The Morgan fingerprint density at radius 3 is 2.63 bits per heavy atom. The van der Waals surface area contributed by atoms with E-state index in [0.29, 0.717) is 16.6 Å². The molecule has 1 spiro atoms. The third-order valence-electron chi connectivity index (χ3n) is 4.70. The van der Waals surface area contributed by atoms with Crippen molar-refractivity contribution in [1.29, 1.82) is 0 Å². The number of rotatable bonds is 2. The molecule has 2 saturated carbocycles. The second-order valence-corrected chi connectivity index (χ2v) is 6.58. The molecule has 1 aromatic carbocycles. The SMILES string of the molecule is OC1CC(Oc2ccc(Br)c(F)c2)C12CCCCC2. The van der Waals surface area contributed by atoms with Crippen molar-refractivity contribution in [3.63, 3.8) is 0 Å². The highest BCUT2D eigenvalue weighted by Crippen LogP contribution is 2.53. The quantitative estimate of drug-likeness (QED) is 0.887. The van der Waals surface area contributed by atoms with E-state index in [0.717, 1.165) is 25.7 Å². The van der Waals surface area contributed by atoms with E-state index in [1.807, 2.05) is 0 Å². The van der Waals surface area contributed by atoms with Crippen LogP contribution in [0.3, 0.4) is 0 Å². The summed E-state index contributed by atoms with van der Waals surface area (Å²) in [6.45, 7) is 0. The highest BCUT2D eigenvalue weighted by molar-refractivity contribution is 9.10. The number of hydrogen-bond donors (Lipinski definition) is 1. The molecule has 3 rings (SSSR count). The largest absolute Gasteiger partial charge is 0.490 e. The average molecular weight is 329 g/mol. The Hall–Kier alpha value is -0.610. The van der Waals surface area contributed by atoms with E-state index in [2.05, 4.69) is 15.9 Å². The van der Waals surface area contributed by atoms with Crippen molar-refractivity contribution in [3.8, 4) is 5.75 Å². The second-order valence-electron chi connectivity index (χ2n) is 5.73. The summed E-state index contributed by atoms with van der Waals surface area (Å²) in [6.07, 6.45) is 6.06. The first-order valence-electron chi connectivity index (χ1n) is 6.91. The first-order valence-corrected chi connectivity index (χ1v) is 7.71. The van der Waals surface area contributed by atoms with E-state index in [1.54, 1.807) is 12.1 Å². The van der Waals surface area contributed by atoms with Gasteiger partial charge in [-0.15, -0.1) is 0 Å². The molecule has 2 nitrogen and oxygen atoms in total. The van der Waals surface area contributed by atoms with Gasteiger partial charge >= 0.3 is 0 Å². The number of halogens is 2. The van der Waals surface area contributed by atoms with Gasteiger partial charge in [0.05, 0.1) is 10.6 Å². The molecule has 2 aliphatic carbocycles. The molecule has 1 N–H and O–H groups in total. The van der Waals surface area contributed by atoms with Crippen molar-refractivity contribution >= 4 is 15.9 Å². The van der Waals surface area contributed by atoms with E-state index in [9.17, 15) is 9.50 Å². The summed E-state index contributed by atoms with van der Waals surface area (Å²) in [4.78, 5) is 0. The molecule has 0 aromatic heterocycles. The van der Waals surface area contributed by atoms with Crippen LogP contribution in [0.5, 0.6) is 5.75 Å². The summed E-state index contributed by atoms with van der Waals surface area (Å²) in [5.41, 5.74) is -0.0815. The fraction of sp³-hybridized carbons (Fsp3) is 0.600. The van der Waals surface area contributed by atoms with Crippen molar-refractivity contribution in [1.82, 2.24) is 0 Å². The maximum atomic E-state index is 13.5. The van der Waals surface area contributed by atoms with Gasteiger partial charge < -0.3 is 9.84 Å². The molecule has 0 amide bonds. The standard InChI is InChI=1S/C15H18BrFO2/c16-11-5-4-10(8-12(11)17)19-14-9-13(18)15(14)6-2-1-3-7-15/h4-5,8,13-14,18H,1-3,6-7,9H2. The van der Waals surface area contributed by atoms with Gasteiger partial charge in [0, 0.05) is 17.9 Å². The van der Waals surface area contributed by atoms with Crippen LogP contribution in [0.2, 0.25) is 0 Å². The molecule has 0 radical (unpaired) electrons. The van der Waals surface area contributed by atoms with Gasteiger partial charge in [0.1, 0.15) is 17.7 Å². The van der Waals surface area contributed by atoms with E-state index in [4.69, 9.17) is 4.74 Å². The lowest BCUT2D eigenvalue weighted by molar-refractivity contribution is -0.172. The van der Waals surface area contributed by atoms with Crippen molar-refractivity contribution in [2.45, 2.75) is 50.7 Å². The van der Waals surface area contributed by atoms with E-state index in [1.165, 1.54) is 12.5 Å². The number of ether oxygens (including phenoxy) is 1. The minimum atomic E-state index is -0.310. The smallest absolute Gasteiger partial charge is 0.141 e. The zero-order valence-corrected chi connectivity index (χ0v) is 12.3. The molecule has 0 aliphatic heterocycles. The van der Waals surface area contributed by atoms with Crippen LogP contribution in [0, 0.1) is 11.2 Å². The van der Waals surface area contributed by atoms with E-state index < -0.39 is 0 Å². The Kier molecular flexibility index (Phi) is 3.56. The number of aliphatic hydroxyl groups excluding tert-OH is 1. The lowest BCUT2D eigenvalue weighted by Gasteiger charge is -2.55. The molecule has 104 valence electrons. The van der Waals surface area contributed by atoms with Gasteiger partial charge in [-0.05, 0) is 40.9 Å². The molecule has 19 heavy (non-hydrogen) atoms. The lowest BCUT2D eigenvalue weighted by atomic mass is 9.56. The average Bonchev–Trinajstić information content (AvgIpc) is 2.43. The highest BCUT2D eigenvalue weighted by atomic mass is 79.9. The van der Waals surface area contributed by atoms with Gasteiger partial charge in [-0.3, -0.25) is 0 Å².